The maximum atomic E-state index is 12.3. The zero-order valence-corrected chi connectivity index (χ0v) is 12.5. The Balaban J connectivity index is 2.71. The van der Waals surface area contributed by atoms with Crippen molar-refractivity contribution in [3.63, 3.8) is 0 Å². The van der Waals surface area contributed by atoms with E-state index in [9.17, 15) is 19.5 Å². The molecule has 1 saturated heterocycles. The lowest BCUT2D eigenvalue weighted by atomic mass is 10.0. The molecule has 1 aliphatic rings. The van der Waals surface area contributed by atoms with E-state index in [1.807, 2.05) is 0 Å². The normalized spacial score (nSPS) is 23.1. The minimum Gasteiger partial charge on any atom is -0.480 e. The fourth-order valence-electron chi connectivity index (χ4n) is 2.31. The third-order valence-corrected chi connectivity index (χ3v) is 4.39. The van der Waals surface area contributed by atoms with E-state index < -0.39 is 12.0 Å². The molecule has 0 radical (unpaired) electrons. The molecule has 110 valence electrons. The lowest BCUT2D eigenvalue weighted by Crippen LogP contribution is -2.43. The van der Waals surface area contributed by atoms with Gasteiger partial charge < -0.3 is 10.0 Å². The molecular formula is C14H19NO4S. The molecule has 0 spiro atoms. The van der Waals surface area contributed by atoms with Crippen LogP contribution in [-0.2, 0) is 14.4 Å². The van der Waals surface area contributed by atoms with Crippen molar-refractivity contribution in [1.82, 2.24) is 4.90 Å². The zero-order valence-electron chi connectivity index (χ0n) is 11.7. The van der Waals surface area contributed by atoms with Gasteiger partial charge in [0, 0.05) is 31.6 Å². The van der Waals surface area contributed by atoms with E-state index in [1.54, 1.807) is 6.92 Å². The van der Waals surface area contributed by atoms with E-state index in [0.29, 0.717) is 25.1 Å². The van der Waals surface area contributed by atoms with Gasteiger partial charge in [-0.05, 0) is 12.3 Å². The number of thioether (sulfide) groups is 1. The highest BCUT2D eigenvalue weighted by Gasteiger charge is 2.40. The molecule has 0 aliphatic carbocycles. The molecule has 1 N–H and O–H groups in total. The molecule has 5 nitrogen and oxygen atoms in total. The molecule has 0 saturated carbocycles. The number of aliphatic carboxylic acids is 1. The summed E-state index contributed by atoms with van der Waals surface area (Å²) in [5.41, 5.74) is 0. The summed E-state index contributed by atoms with van der Waals surface area (Å²) in [4.78, 5) is 35.9. The minimum absolute atomic E-state index is 0.0395. The lowest BCUT2D eigenvalue weighted by molar-refractivity contribution is -0.149. The molecule has 0 aromatic rings. The van der Waals surface area contributed by atoms with Crippen molar-refractivity contribution in [3.05, 3.63) is 0 Å². The van der Waals surface area contributed by atoms with Crippen molar-refractivity contribution >= 4 is 28.8 Å². The molecule has 0 aromatic carbocycles. The molecule has 1 fully saturated rings. The van der Waals surface area contributed by atoms with Gasteiger partial charge in [0.05, 0.1) is 0 Å². The summed E-state index contributed by atoms with van der Waals surface area (Å²) in [7, 11) is 0. The highest BCUT2D eigenvalue weighted by Crippen LogP contribution is 2.28. The number of rotatable bonds is 5. The summed E-state index contributed by atoms with van der Waals surface area (Å²) >= 11 is 1.08. The third-order valence-electron chi connectivity index (χ3n) is 3.32. The van der Waals surface area contributed by atoms with Crippen LogP contribution in [0.2, 0.25) is 0 Å². The average molecular weight is 297 g/mol. The van der Waals surface area contributed by atoms with E-state index in [2.05, 4.69) is 5.92 Å². The van der Waals surface area contributed by atoms with Crippen molar-refractivity contribution in [1.29, 1.82) is 0 Å². The zero-order chi connectivity index (χ0) is 15.3. The van der Waals surface area contributed by atoms with Crippen LogP contribution in [0.1, 0.15) is 26.7 Å². The SMILES string of the molecule is C#CC[C@@H]1C[C@@H](C(=O)O)N(C(=O)C(C)CSC(C)=O)C1. The van der Waals surface area contributed by atoms with Crippen LogP contribution in [0, 0.1) is 24.2 Å². The molecule has 1 rings (SSSR count). The Hall–Kier alpha value is -1.48. The Kier molecular flexibility index (Phi) is 6.08. The standard InChI is InChI=1S/C14H19NO4S/c1-4-5-11-6-12(14(18)19)15(7-11)13(17)9(2)8-20-10(3)16/h1,9,11-12H,5-8H2,2-3H3,(H,18,19)/t9?,11-,12+/m1/s1. The Morgan fingerprint density at radius 3 is 2.65 bits per heavy atom. The summed E-state index contributed by atoms with van der Waals surface area (Å²) in [5.74, 6) is 1.34. The van der Waals surface area contributed by atoms with Crippen LogP contribution in [0.4, 0.5) is 0 Å². The van der Waals surface area contributed by atoms with Crippen LogP contribution < -0.4 is 0 Å². The van der Waals surface area contributed by atoms with E-state index in [4.69, 9.17) is 6.42 Å². The van der Waals surface area contributed by atoms with Gasteiger partial charge >= 0.3 is 5.97 Å². The number of amides is 1. The second-order valence-electron chi connectivity index (χ2n) is 5.06. The van der Waals surface area contributed by atoms with Crippen molar-refractivity contribution in [2.24, 2.45) is 11.8 Å². The highest BCUT2D eigenvalue weighted by molar-refractivity contribution is 8.13. The molecule has 0 aromatic heterocycles. The number of carbonyl (C=O) groups is 3. The van der Waals surface area contributed by atoms with Gasteiger partial charge in [-0.15, -0.1) is 12.3 Å². The summed E-state index contributed by atoms with van der Waals surface area (Å²) in [5, 5.41) is 9.16. The monoisotopic (exact) mass is 297 g/mol. The van der Waals surface area contributed by atoms with Gasteiger partial charge in [-0.2, -0.15) is 0 Å². The predicted molar refractivity (Wildman–Crippen MR) is 77.0 cm³/mol. The van der Waals surface area contributed by atoms with Crippen molar-refractivity contribution in [2.75, 3.05) is 12.3 Å². The summed E-state index contributed by atoms with van der Waals surface area (Å²) in [6.07, 6.45) is 6.13. The Morgan fingerprint density at radius 1 is 1.50 bits per heavy atom. The van der Waals surface area contributed by atoms with E-state index in [0.717, 1.165) is 11.8 Å². The van der Waals surface area contributed by atoms with Gasteiger partial charge in [-0.3, -0.25) is 9.59 Å². The number of terminal acetylenes is 1. The molecule has 1 amide bonds. The largest absolute Gasteiger partial charge is 0.480 e. The molecule has 3 atom stereocenters. The number of nitrogens with zero attached hydrogens (tertiary/aromatic N) is 1. The van der Waals surface area contributed by atoms with Crippen molar-refractivity contribution in [3.8, 4) is 12.3 Å². The lowest BCUT2D eigenvalue weighted by Gasteiger charge is -2.24. The molecule has 0 bridgehead atoms. The Labute approximate surface area is 123 Å². The highest BCUT2D eigenvalue weighted by atomic mass is 32.2. The van der Waals surface area contributed by atoms with Crippen LogP contribution in [0.3, 0.4) is 0 Å². The maximum Gasteiger partial charge on any atom is 0.326 e. The average Bonchev–Trinajstić information content (AvgIpc) is 2.79. The number of carboxylic acid groups (broad SMARTS) is 1. The van der Waals surface area contributed by atoms with Crippen LogP contribution >= 0.6 is 11.8 Å². The molecule has 1 aliphatic heterocycles. The fraction of sp³-hybridized carbons (Fsp3) is 0.643. The maximum absolute atomic E-state index is 12.3. The van der Waals surface area contributed by atoms with Crippen LogP contribution in [-0.4, -0.2) is 45.3 Å². The number of hydrogen-bond acceptors (Lipinski definition) is 4. The van der Waals surface area contributed by atoms with Crippen LogP contribution in [0.15, 0.2) is 0 Å². The van der Waals surface area contributed by atoms with Gasteiger partial charge in [0.15, 0.2) is 5.12 Å². The third kappa shape index (κ3) is 4.27. The first-order valence-electron chi connectivity index (χ1n) is 6.46. The molecule has 6 heteroatoms. The summed E-state index contributed by atoms with van der Waals surface area (Å²) in [6.45, 7) is 3.54. The summed E-state index contributed by atoms with van der Waals surface area (Å²) < 4.78 is 0. The van der Waals surface area contributed by atoms with E-state index >= 15 is 0 Å². The van der Waals surface area contributed by atoms with Crippen LogP contribution in [0.5, 0.6) is 0 Å². The molecular weight excluding hydrogens is 278 g/mol. The molecule has 1 heterocycles. The Morgan fingerprint density at radius 2 is 2.15 bits per heavy atom. The summed E-state index contributed by atoms with van der Waals surface area (Å²) in [6, 6.07) is -0.800. The van der Waals surface area contributed by atoms with Gasteiger partial charge in [0.25, 0.3) is 0 Å². The van der Waals surface area contributed by atoms with Crippen molar-refractivity contribution in [2.45, 2.75) is 32.7 Å². The van der Waals surface area contributed by atoms with Gasteiger partial charge in [-0.1, -0.05) is 18.7 Å². The molecule has 1 unspecified atom stereocenters. The van der Waals surface area contributed by atoms with E-state index in [1.165, 1.54) is 11.8 Å². The van der Waals surface area contributed by atoms with Gasteiger partial charge in [0.2, 0.25) is 5.91 Å². The number of likely N-dealkylation sites (tertiary alicyclic amines) is 1. The second-order valence-corrected chi connectivity index (χ2v) is 6.26. The fourth-order valence-corrected chi connectivity index (χ4v) is 2.94. The van der Waals surface area contributed by atoms with Crippen molar-refractivity contribution < 1.29 is 19.5 Å². The number of carboxylic acids is 1. The minimum atomic E-state index is -0.996. The molecule has 20 heavy (non-hydrogen) atoms. The quantitative estimate of drug-likeness (QED) is 0.772. The van der Waals surface area contributed by atoms with Gasteiger partial charge in [-0.25, -0.2) is 4.79 Å². The predicted octanol–water partition coefficient (Wildman–Crippen LogP) is 1.23. The first kappa shape index (κ1) is 16.6. The number of carbonyl (C=O) groups excluding carboxylic acids is 2. The smallest absolute Gasteiger partial charge is 0.326 e. The number of hydrogen-bond donors (Lipinski definition) is 1. The topological polar surface area (TPSA) is 74.7 Å². The van der Waals surface area contributed by atoms with Crippen LogP contribution in [0.25, 0.3) is 0 Å². The van der Waals surface area contributed by atoms with Gasteiger partial charge in [0.1, 0.15) is 6.04 Å². The first-order valence-corrected chi connectivity index (χ1v) is 7.45. The van der Waals surface area contributed by atoms with E-state index in [-0.39, 0.29) is 22.9 Å². The Bertz CT molecular complexity index is 443. The first-order chi connectivity index (χ1) is 9.36. The second kappa shape index (κ2) is 7.34.